The van der Waals surface area contributed by atoms with Crippen LogP contribution in [0.25, 0.3) is 11.4 Å². The Kier molecular flexibility index (Phi) is 6.39. The van der Waals surface area contributed by atoms with Crippen LogP contribution in [-0.2, 0) is 20.7 Å². The standard InChI is InChI=1S/C20H26N2O4/c1-14(2)15-6-8-16(9-7-15)20-21-18(26-22-20)10-11-19(23)25-13-17-5-3-4-12-24-17/h6-9,14,17H,3-5,10-13H2,1-2H3. The highest BCUT2D eigenvalue weighted by molar-refractivity contribution is 5.69. The molecule has 0 aliphatic carbocycles. The minimum atomic E-state index is -0.264. The van der Waals surface area contributed by atoms with Crippen LogP contribution in [0.15, 0.2) is 28.8 Å². The Labute approximate surface area is 153 Å². The number of aryl methyl sites for hydroxylation is 1. The van der Waals surface area contributed by atoms with Crippen LogP contribution in [0.4, 0.5) is 0 Å². The minimum absolute atomic E-state index is 0.0384. The summed E-state index contributed by atoms with van der Waals surface area (Å²) in [6.45, 7) is 5.39. The second-order valence-corrected chi connectivity index (χ2v) is 6.96. The summed E-state index contributed by atoms with van der Waals surface area (Å²) in [6.07, 6.45) is 3.81. The topological polar surface area (TPSA) is 74.5 Å². The van der Waals surface area contributed by atoms with Crippen molar-refractivity contribution in [3.63, 3.8) is 0 Å². The van der Waals surface area contributed by atoms with Crippen molar-refractivity contribution in [1.29, 1.82) is 0 Å². The Hall–Kier alpha value is -2.21. The number of rotatable bonds is 7. The first-order valence-corrected chi connectivity index (χ1v) is 9.32. The fourth-order valence-electron chi connectivity index (χ4n) is 2.90. The lowest BCUT2D eigenvalue weighted by Gasteiger charge is -2.21. The molecule has 1 unspecified atom stereocenters. The van der Waals surface area contributed by atoms with Crippen LogP contribution in [0.2, 0.25) is 0 Å². The van der Waals surface area contributed by atoms with Gasteiger partial charge >= 0.3 is 5.97 Å². The number of carbonyl (C=O) groups excluding carboxylic acids is 1. The first kappa shape index (κ1) is 18.6. The van der Waals surface area contributed by atoms with Crippen LogP contribution in [0.5, 0.6) is 0 Å². The maximum absolute atomic E-state index is 11.9. The zero-order valence-corrected chi connectivity index (χ0v) is 15.4. The predicted molar refractivity (Wildman–Crippen MR) is 96.7 cm³/mol. The van der Waals surface area contributed by atoms with Crippen LogP contribution in [0.1, 0.15) is 56.9 Å². The van der Waals surface area contributed by atoms with E-state index in [0.29, 0.717) is 30.7 Å². The first-order valence-electron chi connectivity index (χ1n) is 9.32. The molecule has 6 heteroatoms. The molecular formula is C20H26N2O4. The molecule has 1 fully saturated rings. The molecule has 26 heavy (non-hydrogen) atoms. The SMILES string of the molecule is CC(C)c1ccc(-c2noc(CCC(=O)OCC3CCCCO3)n2)cc1. The molecule has 6 nitrogen and oxygen atoms in total. The molecule has 0 saturated carbocycles. The van der Waals surface area contributed by atoms with Crippen LogP contribution >= 0.6 is 0 Å². The summed E-state index contributed by atoms with van der Waals surface area (Å²) in [5, 5.41) is 4.00. The van der Waals surface area contributed by atoms with Crippen molar-refractivity contribution >= 4 is 5.97 Å². The molecule has 0 amide bonds. The van der Waals surface area contributed by atoms with E-state index in [2.05, 4.69) is 36.1 Å². The third-order valence-electron chi connectivity index (χ3n) is 4.55. The summed E-state index contributed by atoms with van der Waals surface area (Å²) in [6, 6.07) is 8.12. The Balaban J connectivity index is 1.46. The van der Waals surface area contributed by atoms with Crippen molar-refractivity contribution in [3.8, 4) is 11.4 Å². The smallest absolute Gasteiger partial charge is 0.306 e. The van der Waals surface area contributed by atoms with E-state index in [0.717, 1.165) is 31.4 Å². The molecule has 2 aromatic rings. The third-order valence-corrected chi connectivity index (χ3v) is 4.55. The van der Waals surface area contributed by atoms with Crippen molar-refractivity contribution in [2.24, 2.45) is 0 Å². The number of nitrogens with zero attached hydrogens (tertiary/aromatic N) is 2. The maximum Gasteiger partial charge on any atom is 0.306 e. The minimum Gasteiger partial charge on any atom is -0.463 e. The van der Waals surface area contributed by atoms with Crippen molar-refractivity contribution < 1.29 is 18.8 Å². The van der Waals surface area contributed by atoms with E-state index in [4.69, 9.17) is 14.0 Å². The van der Waals surface area contributed by atoms with Gasteiger partial charge in [0.2, 0.25) is 11.7 Å². The van der Waals surface area contributed by atoms with Gasteiger partial charge in [0.25, 0.3) is 0 Å². The maximum atomic E-state index is 11.9. The summed E-state index contributed by atoms with van der Waals surface area (Å²) < 4.78 is 16.1. The molecule has 1 atom stereocenters. The van der Waals surface area contributed by atoms with Crippen molar-refractivity contribution in [2.45, 2.75) is 58.0 Å². The van der Waals surface area contributed by atoms with E-state index >= 15 is 0 Å². The zero-order chi connectivity index (χ0) is 18.4. The monoisotopic (exact) mass is 358 g/mol. The Bertz CT molecular complexity index is 703. The number of hydrogen-bond acceptors (Lipinski definition) is 6. The molecule has 1 saturated heterocycles. The highest BCUT2D eigenvalue weighted by atomic mass is 16.6. The van der Waals surface area contributed by atoms with Gasteiger partial charge in [0.1, 0.15) is 6.61 Å². The number of aromatic nitrogens is 2. The fraction of sp³-hybridized carbons (Fsp3) is 0.550. The number of hydrogen-bond donors (Lipinski definition) is 0. The van der Waals surface area contributed by atoms with Gasteiger partial charge in [-0.3, -0.25) is 4.79 Å². The number of esters is 1. The van der Waals surface area contributed by atoms with Gasteiger partial charge in [0, 0.05) is 18.6 Å². The first-order chi connectivity index (χ1) is 12.6. The number of ether oxygens (including phenoxy) is 2. The van der Waals surface area contributed by atoms with E-state index in [9.17, 15) is 4.79 Å². The van der Waals surface area contributed by atoms with Gasteiger partial charge in [-0.25, -0.2) is 0 Å². The van der Waals surface area contributed by atoms with Gasteiger partial charge < -0.3 is 14.0 Å². The molecule has 1 aliphatic rings. The van der Waals surface area contributed by atoms with E-state index in [1.165, 1.54) is 5.56 Å². The second-order valence-electron chi connectivity index (χ2n) is 6.96. The van der Waals surface area contributed by atoms with Gasteiger partial charge in [-0.15, -0.1) is 0 Å². The second kappa shape index (κ2) is 8.94. The van der Waals surface area contributed by atoms with Crippen molar-refractivity contribution in [1.82, 2.24) is 10.1 Å². The molecule has 0 N–H and O–H groups in total. The fourth-order valence-corrected chi connectivity index (χ4v) is 2.90. The Morgan fingerprint density at radius 3 is 2.77 bits per heavy atom. The van der Waals surface area contributed by atoms with Gasteiger partial charge in [-0.2, -0.15) is 4.98 Å². The molecule has 0 bridgehead atoms. The van der Waals surface area contributed by atoms with Gasteiger partial charge in [0.15, 0.2) is 0 Å². The molecule has 140 valence electrons. The summed E-state index contributed by atoms with van der Waals surface area (Å²) in [4.78, 5) is 16.2. The molecule has 1 aromatic carbocycles. The van der Waals surface area contributed by atoms with Crippen LogP contribution in [0.3, 0.4) is 0 Å². The lowest BCUT2D eigenvalue weighted by atomic mass is 10.0. The lowest BCUT2D eigenvalue weighted by Crippen LogP contribution is -2.26. The largest absolute Gasteiger partial charge is 0.463 e. The van der Waals surface area contributed by atoms with Crippen molar-refractivity contribution in [2.75, 3.05) is 13.2 Å². The normalized spacial score (nSPS) is 17.4. The van der Waals surface area contributed by atoms with E-state index < -0.39 is 0 Å². The Morgan fingerprint density at radius 1 is 1.27 bits per heavy atom. The zero-order valence-electron chi connectivity index (χ0n) is 15.4. The molecule has 0 spiro atoms. The molecule has 2 heterocycles. The number of benzene rings is 1. The number of carbonyl (C=O) groups is 1. The molecule has 1 aliphatic heterocycles. The lowest BCUT2D eigenvalue weighted by molar-refractivity contribution is -0.149. The van der Waals surface area contributed by atoms with Crippen LogP contribution in [-0.4, -0.2) is 35.4 Å². The average Bonchev–Trinajstić information content (AvgIpc) is 3.14. The summed E-state index contributed by atoms with van der Waals surface area (Å²) in [5.74, 6) is 1.20. The summed E-state index contributed by atoms with van der Waals surface area (Å²) >= 11 is 0. The highest BCUT2D eigenvalue weighted by Gasteiger charge is 2.17. The Morgan fingerprint density at radius 2 is 2.08 bits per heavy atom. The highest BCUT2D eigenvalue weighted by Crippen LogP contribution is 2.21. The van der Waals surface area contributed by atoms with Gasteiger partial charge in [-0.05, 0) is 30.7 Å². The van der Waals surface area contributed by atoms with Crippen molar-refractivity contribution in [3.05, 3.63) is 35.7 Å². The van der Waals surface area contributed by atoms with E-state index in [1.807, 2.05) is 12.1 Å². The quantitative estimate of drug-likeness (QED) is 0.699. The van der Waals surface area contributed by atoms with Gasteiger partial charge in [0.05, 0.1) is 12.5 Å². The molecule has 0 radical (unpaired) electrons. The molecule has 3 rings (SSSR count). The third kappa shape index (κ3) is 5.14. The average molecular weight is 358 g/mol. The van der Waals surface area contributed by atoms with Gasteiger partial charge in [-0.1, -0.05) is 43.3 Å². The van der Waals surface area contributed by atoms with E-state index in [1.54, 1.807) is 0 Å². The molecule has 1 aromatic heterocycles. The predicted octanol–water partition coefficient (Wildman–Crippen LogP) is 3.90. The van der Waals surface area contributed by atoms with E-state index in [-0.39, 0.29) is 18.5 Å². The van der Waals surface area contributed by atoms with Crippen LogP contribution < -0.4 is 0 Å². The molecular weight excluding hydrogens is 332 g/mol. The van der Waals surface area contributed by atoms with Crippen LogP contribution in [0, 0.1) is 0 Å². The summed E-state index contributed by atoms with van der Waals surface area (Å²) in [7, 11) is 0. The summed E-state index contributed by atoms with van der Waals surface area (Å²) in [5.41, 5.74) is 2.17.